The highest BCUT2D eigenvalue weighted by Gasteiger charge is 2.33. The van der Waals surface area contributed by atoms with E-state index in [9.17, 15) is 9.59 Å². The van der Waals surface area contributed by atoms with Gasteiger partial charge in [-0.3, -0.25) is 4.98 Å². The second-order valence-corrected chi connectivity index (χ2v) is 12.7. The number of rotatable bonds is 4. The average molecular weight is 605 g/mol. The zero-order valence-electron chi connectivity index (χ0n) is 26.4. The van der Waals surface area contributed by atoms with Crippen molar-refractivity contribution in [3.63, 3.8) is 0 Å². The molecule has 1 fully saturated rings. The molecule has 0 radical (unpaired) electrons. The molecule has 3 aromatic heterocycles. The van der Waals surface area contributed by atoms with Crippen LogP contribution in [0.25, 0.3) is 28.0 Å². The van der Waals surface area contributed by atoms with Crippen molar-refractivity contribution in [1.82, 2.24) is 24.4 Å². The predicted octanol–water partition coefficient (Wildman–Crippen LogP) is 6.31. The lowest BCUT2D eigenvalue weighted by Gasteiger charge is -2.41. The number of halogens is 2. The smallest absolute Gasteiger partial charge is 0.410 e. The van der Waals surface area contributed by atoms with Crippen molar-refractivity contribution in [2.75, 3.05) is 24.5 Å². The maximum atomic E-state index is 16.0. The van der Waals surface area contributed by atoms with Gasteiger partial charge in [0.2, 0.25) is 0 Å². The zero-order valence-corrected chi connectivity index (χ0v) is 26.4. The highest BCUT2D eigenvalue weighted by atomic mass is 19.1. The van der Waals surface area contributed by atoms with E-state index in [0.717, 1.165) is 5.56 Å². The van der Waals surface area contributed by atoms with Gasteiger partial charge in [-0.2, -0.15) is 4.98 Å². The Morgan fingerprint density at radius 1 is 1.05 bits per heavy atom. The second kappa shape index (κ2) is 11.6. The Morgan fingerprint density at radius 3 is 2.41 bits per heavy atom. The van der Waals surface area contributed by atoms with E-state index in [-0.39, 0.29) is 40.1 Å². The zero-order chi connectivity index (χ0) is 32.1. The summed E-state index contributed by atoms with van der Waals surface area (Å²) in [7, 11) is 0. The van der Waals surface area contributed by atoms with Gasteiger partial charge in [-0.15, -0.1) is 0 Å². The van der Waals surface area contributed by atoms with Crippen molar-refractivity contribution in [1.29, 1.82) is 0 Å². The molecule has 0 spiro atoms. The largest absolute Gasteiger partial charge is 0.444 e. The van der Waals surface area contributed by atoms with Crippen LogP contribution in [0.5, 0.6) is 0 Å². The van der Waals surface area contributed by atoms with Crippen LogP contribution in [-0.2, 0) is 4.74 Å². The van der Waals surface area contributed by atoms with Crippen molar-refractivity contribution >= 4 is 22.9 Å². The van der Waals surface area contributed by atoms with Gasteiger partial charge in [-0.1, -0.05) is 26.0 Å². The number of hydrogen-bond acceptors (Lipinski definition) is 7. The SMILES string of the molecule is Cc1cccc(F)c1-c1nc2c(cc1F)c(N1CCN(C(=O)OC(C)(C)C)C[C@@H]1C)nc(=O)n2-c1c(C)ccnc1C(C)C. The summed E-state index contributed by atoms with van der Waals surface area (Å²) in [6.07, 6.45) is 1.25. The number of hydrogen-bond donors (Lipinski definition) is 0. The molecule has 232 valence electrons. The molecule has 1 aliphatic heterocycles. The lowest BCUT2D eigenvalue weighted by molar-refractivity contribution is 0.0218. The summed E-state index contributed by atoms with van der Waals surface area (Å²) in [5.74, 6) is -1.17. The fourth-order valence-electron chi connectivity index (χ4n) is 5.68. The number of amides is 1. The molecule has 1 atom stereocenters. The van der Waals surface area contributed by atoms with Gasteiger partial charge >= 0.3 is 11.8 Å². The monoisotopic (exact) mass is 604 g/mol. The molecule has 0 N–H and O–H groups in total. The number of piperazine rings is 1. The van der Waals surface area contributed by atoms with Gasteiger partial charge in [0, 0.05) is 37.4 Å². The Hall–Kier alpha value is -4.41. The van der Waals surface area contributed by atoms with Crippen molar-refractivity contribution in [2.24, 2.45) is 0 Å². The first-order chi connectivity index (χ1) is 20.7. The first-order valence-corrected chi connectivity index (χ1v) is 14.8. The second-order valence-electron chi connectivity index (χ2n) is 12.7. The molecule has 0 saturated carbocycles. The molecule has 1 amide bonds. The van der Waals surface area contributed by atoms with Crippen LogP contribution in [0, 0.1) is 25.5 Å². The van der Waals surface area contributed by atoms with Gasteiger partial charge in [0.05, 0.1) is 16.8 Å². The lowest BCUT2D eigenvalue weighted by atomic mass is 10.0. The summed E-state index contributed by atoms with van der Waals surface area (Å²) in [6.45, 7) is 15.7. The average Bonchev–Trinajstić information content (AvgIpc) is 2.92. The number of ether oxygens (including phenoxy) is 1. The Kier molecular flexibility index (Phi) is 8.17. The van der Waals surface area contributed by atoms with Crippen LogP contribution >= 0.6 is 0 Å². The first kappa shape index (κ1) is 31.0. The number of aryl methyl sites for hydroxylation is 2. The quantitative estimate of drug-likeness (QED) is 0.270. The number of pyridine rings is 2. The third-order valence-electron chi connectivity index (χ3n) is 7.74. The number of carbonyl (C=O) groups excluding carboxylic acids is 1. The highest BCUT2D eigenvalue weighted by Crippen LogP contribution is 2.35. The van der Waals surface area contributed by atoms with Gasteiger partial charge in [-0.05, 0) is 76.8 Å². The predicted molar refractivity (Wildman–Crippen MR) is 166 cm³/mol. The van der Waals surface area contributed by atoms with Gasteiger partial charge < -0.3 is 14.5 Å². The van der Waals surface area contributed by atoms with Crippen LogP contribution in [0.1, 0.15) is 64.3 Å². The molecule has 4 heterocycles. The molecule has 0 bridgehead atoms. The Balaban J connectivity index is 1.74. The normalized spacial score (nSPS) is 15.8. The molecule has 44 heavy (non-hydrogen) atoms. The van der Waals surface area contributed by atoms with E-state index in [0.29, 0.717) is 36.6 Å². The number of benzene rings is 1. The highest BCUT2D eigenvalue weighted by molar-refractivity contribution is 5.91. The topological polar surface area (TPSA) is 93.5 Å². The number of anilines is 1. The standard InChI is InChI=1S/C33H38F2N6O3/c1-18(2)26-28(20(4)12-13-36-26)41-30-22(16-24(35)27(37-30)25-19(3)10-9-11-23(25)34)29(38-31(41)42)40-15-14-39(17-21(40)5)32(43)44-33(6,7)8/h9-13,16,18,21H,14-15,17H2,1-8H3/t21-/m0/s1. The van der Waals surface area contributed by atoms with Crippen LogP contribution in [-0.4, -0.2) is 61.8 Å². The molecule has 1 saturated heterocycles. The van der Waals surface area contributed by atoms with Crippen molar-refractivity contribution in [3.05, 3.63) is 75.5 Å². The molecule has 1 aliphatic rings. The summed E-state index contributed by atoms with van der Waals surface area (Å²) < 4.78 is 38.1. The van der Waals surface area contributed by atoms with Gasteiger partial charge in [0.25, 0.3) is 0 Å². The summed E-state index contributed by atoms with van der Waals surface area (Å²) in [4.78, 5) is 44.0. The van der Waals surface area contributed by atoms with E-state index in [1.165, 1.54) is 16.7 Å². The number of fused-ring (bicyclic) bond motifs is 1. The molecule has 1 aromatic carbocycles. The minimum atomic E-state index is -0.744. The lowest BCUT2D eigenvalue weighted by Crippen LogP contribution is -2.55. The summed E-state index contributed by atoms with van der Waals surface area (Å²) in [6, 6.07) is 7.27. The molecular formula is C33H38F2N6O3. The van der Waals surface area contributed by atoms with E-state index >= 15 is 8.78 Å². The summed E-state index contributed by atoms with van der Waals surface area (Å²) >= 11 is 0. The first-order valence-electron chi connectivity index (χ1n) is 14.8. The fourth-order valence-corrected chi connectivity index (χ4v) is 5.68. The van der Waals surface area contributed by atoms with Gasteiger partial charge in [-0.25, -0.2) is 27.9 Å². The van der Waals surface area contributed by atoms with Crippen LogP contribution in [0.4, 0.5) is 19.4 Å². The van der Waals surface area contributed by atoms with Crippen molar-refractivity contribution in [3.8, 4) is 16.9 Å². The van der Waals surface area contributed by atoms with E-state index in [1.807, 2.05) is 53.4 Å². The molecule has 0 unspecified atom stereocenters. The molecule has 0 aliphatic carbocycles. The van der Waals surface area contributed by atoms with Crippen molar-refractivity contribution < 1.29 is 18.3 Å². The number of nitrogens with zero attached hydrogens (tertiary/aromatic N) is 6. The third-order valence-corrected chi connectivity index (χ3v) is 7.74. The van der Waals surface area contributed by atoms with E-state index in [2.05, 4.69) is 15.0 Å². The van der Waals surface area contributed by atoms with Crippen LogP contribution in [0.2, 0.25) is 0 Å². The maximum absolute atomic E-state index is 16.0. The van der Waals surface area contributed by atoms with E-state index in [1.54, 1.807) is 36.2 Å². The Bertz CT molecular complexity index is 1790. The van der Waals surface area contributed by atoms with Crippen LogP contribution in [0.15, 0.2) is 41.3 Å². The molecule has 5 rings (SSSR count). The minimum absolute atomic E-state index is 0.0237. The van der Waals surface area contributed by atoms with Crippen molar-refractivity contribution in [2.45, 2.75) is 73.0 Å². The number of aromatic nitrogens is 4. The summed E-state index contributed by atoms with van der Waals surface area (Å²) in [5.41, 5.74) is 1.12. The van der Waals surface area contributed by atoms with Crippen LogP contribution < -0.4 is 10.6 Å². The van der Waals surface area contributed by atoms with E-state index in [4.69, 9.17) is 4.74 Å². The Morgan fingerprint density at radius 2 is 1.77 bits per heavy atom. The van der Waals surface area contributed by atoms with Gasteiger partial charge in [0.1, 0.15) is 28.7 Å². The summed E-state index contributed by atoms with van der Waals surface area (Å²) in [5, 5.41) is 0.287. The van der Waals surface area contributed by atoms with Gasteiger partial charge in [0.15, 0.2) is 5.65 Å². The molecule has 11 heteroatoms. The molecule has 4 aromatic rings. The van der Waals surface area contributed by atoms with Crippen LogP contribution in [0.3, 0.4) is 0 Å². The number of carbonyl (C=O) groups is 1. The molecular weight excluding hydrogens is 566 g/mol. The minimum Gasteiger partial charge on any atom is -0.444 e. The fraction of sp³-hybridized carbons (Fsp3) is 0.424. The Labute approximate surface area is 255 Å². The van der Waals surface area contributed by atoms with E-state index < -0.39 is 29.0 Å². The third kappa shape index (κ3) is 5.75. The maximum Gasteiger partial charge on any atom is 0.410 e. The molecule has 9 nitrogen and oxygen atoms in total.